The van der Waals surface area contributed by atoms with Crippen LogP contribution in [0.15, 0.2) is 21.9 Å². The molecule has 21 heteroatoms. The van der Waals surface area contributed by atoms with Crippen molar-refractivity contribution in [2.45, 2.75) is 55.2 Å². The summed E-state index contributed by atoms with van der Waals surface area (Å²) in [5.74, 6) is 0. The van der Waals surface area contributed by atoms with Crippen LogP contribution in [-0.2, 0) is 32.0 Å². The van der Waals surface area contributed by atoms with Crippen LogP contribution in [0.2, 0.25) is 0 Å². The smallest absolute Gasteiger partial charge is 0.387 e. The third kappa shape index (κ3) is 6.73. The maximum absolute atomic E-state index is 12.1. The molecule has 1 aromatic rings. The highest BCUT2D eigenvalue weighted by Gasteiger charge is 2.47. The van der Waals surface area contributed by atoms with E-state index in [0.29, 0.717) is 0 Å². The molecule has 1 aromatic heterocycles. The molecule has 206 valence electrons. The minimum absolute atomic E-state index is 0.731. The minimum Gasteiger partial charge on any atom is -0.387 e. The van der Waals surface area contributed by atoms with Crippen LogP contribution in [0.3, 0.4) is 0 Å². The van der Waals surface area contributed by atoms with Gasteiger partial charge in [-0.2, -0.15) is 4.31 Å². The Bertz CT molecular complexity index is 1130. The van der Waals surface area contributed by atoms with Crippen LogP contribution in [0.5, 0.6) is 0 Å². The zero-order valence-electron chi connectivity index (χ0n) is 17.9. The van der Waals surface area contributed by atoms with Gasteiger partial charge in [0.15, 0.2) is 12.5 Å². The molecule has 2 aliphatic rings. The molecule has 0 aromatic carbocycles. The van der Waals surface area contributed by atoms with Crippen LogP contribution in [0.4, 0.5) is 0 Å². The Morgan fingerprint density at radius 2 is 1.36 bits per heavy atom. The SMILES string of the molecule is O=c1ccn([C@@H]2O[C@H](COP(=O)(O)OP(=O)(O)OC[C@H]3O[C@@H](O)[C@H](O)[C@@H](O)[C@@H]3O)[C@@H](O)[C@H]2O)c(=O)[nH]1. The number of H-pyrrole nitrogens is 1. The third-order valence-electron chi connectivity index (χ3n) is 5.16. The van der Waals surface area contributed by atoms with Gasteiger partial charge >= 0.3 is 21.3 Å². The molecule has 2 aliphatic heterocycles. The van der Waals surface area contributed by atoms with E-state index in [4.69, 9.17) is 9.47 Å². The van der Waals surface area contributed by atoms with Gasteiger partial charge in [-0.05, 0) is 0 Å². The predicted molar refractivity (Wildman–Crippen MR) is 109 cm³/mol. The summed E-state index contributed by atoms with van der Waals surface area (Å²) < 4.78 is 47.8. The highest BCUT2D eigenvalue weighted by molar-refractivity contribution is 7.61. The number of aromatic amines is 1. The van der Waals surface area contributed by atoms with Gasteiger partial charge in [0, 0.05) is 12.3 Å². The second-order valence-corrected chi connectivity index (χ2v) is 10.8. The number of hydrogen-bond donors (Lipinski definition) is 9. The lowest BCUT2D eigenvalue weighted by atomic mass is 10.00. The van der Waals surface area contributed by atoms with Crippen LogP contribution in [0, 0.1) is 0 Å². The molecule has 0 bridgehead atoms. The lowest BCUT2D eigenvalue weighted by Crippen LogP contribution is -2.58. The van der Waals surface area contributed by atoms with Crippen molar-refractivity contribution >= 4 is 15.6 Å². The molecule has 2 saturated heterocycles. The number of hydrogen-bond acceptors (Lipinski definition) is 15. The summed E-state index contributed by atoms with van der Waals surface area (Å²) in [7, 11) is -10.8. The number of phosphoric ester groups is 2. The molecule has 0 spiro atoms. The molecule has 3 rings (SSSR count). The summed E-state index contributed by atoms with van der Waals surface area (Å²) in [4.78, 5) is 44.4. The number of aliphatic hydroxyl groups is 6. The van der Waals surface area contributed by atoms with Crippen LogP contribution in [0.25, 0.3) is 0 Å². The summed E-state index contributed by atoms with van der Waals surface area (Å²) in [5, 5.41) is 58.4. The number of aromatic nitrogens is 2. The first kappa shape index (κ1) is 29.2. The molecule has 2 unspecified atom stereocenters. The van der Waals surface area contributed by atoms with Crippen molar-refractivity contribution < 1.29 is 72.4 Å². The number of rotatable bonds is 9. The fraction of sp³-hybridized carbons (Fsp3) is 0.733. The van der Waals surface area contributed by atoms with Gasteiger partial charge in [0.05, 0.1) is 13.2 Å². The summed E-state index contributed by atoms with van der Waals surface area (Å²) in [6, 6.07) is 0.934. The Hall–Kier alpha value is -1.38. The van der Waals surface area contributed by atoms with Crippen molar-refractivity contribution in [2.75, 3.05) is 13.2 Å². The Morgan fingerprint density at radius 3 is 1.92 bits per heavy atom. The zero-order chi connectivity index (χ0) is 27.0. The van der Waals surface area contributed by atoms with E-state index in [2.05, 4.69) is 13.4 Å². The maximum atomic E-state index is 12.1. The number of aliphatic hydroxyl groups excluding tert-OH is 6. The Labute approximate surface area is 199 Å². The van der Waals surface area contributed by atoms with Gasteiger partial charge in [-0.3, -0.25) is 23.4 Å². The second-order valence-electron chi connectivity index (χ2n) is 7.71. The van der Waals surface area contributed by atoms with Gasteiger partial charge in [0.1, 0.15) is 42.7 Å². The van der Waals surface area contributed by atoms with Crippen molar-refractivity contribution in [1.82, 2.24) is 9.55 Å². The zero-order valence-corrected chi connectivity index (χ0v) is 19.6. The van der Waals surface area contributed by atoms with Gasteiger partial charge in [0.2, 0.25) is 0 Å². The minimum atomic E-state index is -5.41. The fourth-order valence-electron chi connectivity index (χ4n) is 3.31. The summed E-state index contributed by atoms with van der Waals surface area (Å²) in [6.07, 6.45) is -14.9. The molecule has 9 N–H and O–H groups in total. The van der Waals surface area contributed by atoms with Gasteiger partial charge in [-0.15, -0.1) is 0 Å². The molecule has 0 radical (unpaired) electrons. The molecular formula is C15H24N2O17P2. The van der Waals surface area contributed by atoms with Crippen LogP contribution in [-0.4, -0.2) is 112 Å². The topological polar surface area (TPSA) is 297 Å². The molecule has 3 heterocycles. The Kier molecular flexibility index (Phi) is 9.05. The molecule has 36 heavy (non-hydrogen) atoms. The normalized spacial score (nSPS) is 38.4. The van der Waals surface area contributed by atoms with Gasteiger partial charge < -0.3 is 49.9 Å². The standard InChI is InChI=1S/C15H24N2O17P2/c18-7-1-2-17(15(25)16-7)13-11(22)9(20)5(32-13)3-30-35(26,27)34-36(28,29)31-4-6-8(19)10(21)12(23)14(24)33-6/h1-2,5-6,8-14,19-24H,3-4H2,(H,26,27)(H,28,29)(H,16,18,25)/t5-,6-,8-,9-,10+,11-,12-,13-,14-/m1/s1. The summed E-state index contributed by atoms with van der Waals surface area (Å²) in [6.45, 7) is -2.05. The van der Waals surface area contributed by atoms with Crippen LogP contribution < -0.4 is 11.2 Å². The first-order valence-electron chi connectivity index (χ1n) is 9.98. The average Bonchev–Trinajstić information content (AvgIpc) is 3.05. The third-order valence-corrected chi connectivity index (χ3v) is 7.76. The molecule has 2 fully saturated rings. The highest BCUT2D eigenvalue weighted by Crippen LogP contribution is 2.60. The monoisotopic (exact) mass is 566 g/mol. The van der Waals surface area contributed by atoms with Gasteiger partial charge in [-0.25, -0.2) is 13.9 Å². The first-order chi connectivity index (χ1) is 16.6. The molecule has 11 atom stereocenters. The number of nitrogens with one attached hydrogen (secondary N) is 1. The van der Waals surface area contributed by atoms with E-state index >= 15 is 0 Å². The van der Waals surface area contributed by atoms with Crippen molar-refractivity contribution in [3.05, 3.63) is 33.1 Å². The van der Waals surface area contributed by atoms with Crippen molar-refractivity contribution in [2.24, 2.45) is 0 Å². The molecule has 0 aliphatic carbocycles. The molecule has 19 nitrogen and oxygen atoms in total. The number of phosphoric acid groups is 2. The van der Waals surface area contributed by atoms with Crippen LogP contribution >= 0.6 is 15.6 Å². The quantitative estimate of drug-likeness (QED) is 0.127. The summed E-state index contributed by atoms with van der Waals surface area (Å²) >= 11 is 0. The second kappa shape index (κ2) is 11.2. The largest absolute Gasteiger partial charge is 0.481 e. The maximum Gasteiger partial charge on any atom is 0.481 e. The van der Waals surface area contributed by atoms with Gasteiger partial charge in [-0.1, -0.05) is 0 Å². The first-order valence-corrected chi connectivity index (χ1v) is 13.0. The Morgan fingerprint density at radius 1 is 0.833 bits per heavy atom. The van der Waals surface area contributed by atoms with Crippen molar-refractivity contribution in [3.63, 3.8) is 0 Å². The number of ether oxygens (including phenoxy) is 2. The van der Waals surface area contributed by atoms with Gasteiger partial charge in [0.25, 0.3) is 5.56 Å². The molecule has 0 saturated carbocycles. The van der Waals surface area contributed by atoms with E-state index in [1.54, 1.807) is 0 Å². The number of nitrogens with zero attached hydrogens (tertiary/aromatic N) is 1. The lowest BCUT2D eigenvalue weighted by Gasteiger charge is -2.38. The van der Waals surface area contributed by atoms with E-state index in [1.807, 2.05) is 4.98 Å². The highest BCUT2D eigenvalue weighted by atomic mass is 31.3. The average molecular weight is 566 g/mol. The van der Waals surface area contributed by atoms with Crippen LogP contribution in [0.1, 0.15) is 6.23 Å². The predicted octanol–water partition coefficient (Wildman–Crippen LogP) is -4.79. The van der Waals surface area contributed by atoms with E-state index in [-0.39, 0.29) is 0 Å². The fourth-order valence-corrected chi connectivity index (χ4v) is 5.40. The van der Waals surface area contributed by atoms with E-state index in [9.17, 15) is 59.1 Å². The Balaban J connectivity index is 1.56. The van der Waals surface area contributed by atoms with Crippen molar-refractivity contribution in [3.8, 4) is 0 Å². The summed E-state index contributed by atoms with van der Waals surface area (Å²) in [5.41, 5.74) is -1.73. The lowest BCUT2D eigenvalue weighted by molar-refractivity contribution is -0.285. The molecule has 0 amide bonds. The van der Waals surface area contributed by atoms with E-state index in [1.165, 1.54) is 0 Å². The molecular weight excluding hydrogens is 542 g/mol. The van der Waals surface area contributed by atoms with E-state index in [0.717, 1.165) is 16.8 Å². The van der Waals surface area contributed by atoms with E-state index < -0.39 is 95.4 Å². The van der Waals surface area contributed by atoms with Crippen molar-refractivity contribution in [1.29, 1.82) is 0 Å².